The maximum atomic E-state index is 10.3. The van der Waals surface area contributed by atoms with E-state index in [0.29, 0.717) is 10.8 Å². The Morgan fingerprint density at radius 1 is 1.53 bits per heavy atom. The van der Waals surface area contributed by atoms with E-state index in [1.165, 1.54) is 0 Å². The van der Waals surface area contributed by atoms with Crippen molar-refractivity contribution in [2.75, 3.05) is 7.11 Å². The average molecular weight is 224 g/mol. The first-order valence-corrected chi connectivity index (χ1v) is 5.03. The van der Waals surface area contributed by atoms with Crippen LogP contribution in [0.2, 0.25) is 5.02 Å². The summed E-state index contributed by atoms with van der Waals surface area (Å²) in [5, 5.41) is 0.589. The van der Waals surface area contributed by atoms with Crippen molar-refractivity contribution in [2.24, 2.45) is 4.99 Å². The monoisotopic (exact) mass is 223 g/mol. The van der Waals surface area contributed by atoms with Crippen molar-refractivity contribution in [3.8, 4) is 5.75 Å². The summed E-state index contributed by atoms with van der Waals surface area (Å²) in [6.07, 6.45) is 3.32. The summed E-state index contributed by atoms with van der Waals surface area (Å²) < 4.78 is 5.05. The lowest BCUT2D eigenvalue weighted by atomic mass is 10.1. The molecule has 0 aliphatic heterocycles. The zero-order valence-corrected chi connectivity index (χ0v) is 9.04. The first-order chi connectivity index (χ1) is 7.22. The molecule has 1 fully saturated rings. The van der Waals surface area contributed by atoms with Crippen molar-refractivity contribution in [3.05, 3.63) is 28.8 Å². The Balaban J connectivity index is 2.41. The first kappa shape index (κ1) is 10.2. The van der Waals surface area contributed by atoms with Gasteiger partial charge in [-0.05, 0) is 30.5 Å². The molecule has 0 N–H and O–H groups in total. The molecule has 1 aromatic rings. The molecule has 0 amide bonds. The van der Waals surface area contributed by atoms with Gasteiger partial charge in [0, 0.05) is 5.02 Å². The van der Waals surface area contributed by atoms with Crippen molar-refractivity contribution in [2.45, 2.75) is 18.4 Å². The molecule has 0 radical (unpaired) electrons. The SMILES string of the molecule is COc1ccc(C2(N=C=O)CC2)c(Cl)c1. The first-order valence-electron chi connectivity index (χ1n) is 4.65. The Morgan fingerprint density at radius 2 is 2.27 bits per heavy atom. The van der Waals surface area contributed by atoms with Gasteiger partial charge >= 0.3 is 0 Å². The second-order valence-electron chi connectivity index (χ2n) is 3.58. The number of hydrogen-bond donors (Lipinski definition) is 0. The summed E-state index contributed by atoms with van der Waals surface area (Å²) in [7, 11) is 1.59. The highest BCUT2D eigenvalue weighted by Crippen LogP contribution is 2.51. The summed E-state index contributed by atoms with van der Waals surface area (Å²) in [5.41, 5.74) is 0.471. The van der Waals surface area contributed by atoms with Crippen LogP contribution in [-0.4, -0.2) is 13.2 Å². The third-order valence-corrected chi connectivity index (χ3v) is 2.97. The molecule has 0 atom stereocenters. The van der Waals surface area contributed by atoms with Gasteiger partial charge < -0.3 is 4.74 Å². The van der Waals surface area contributed by atoms with E-state index in [2.05, 4.69) is 4.99 Å². The van der Waals surface area contributed by atoms with E-state index < -0.39 is 5.54 Å². The Morgan fingerprint density at radius 3 is 2.73 bits per heavy atom. The van der Waals surface area contributed by atoms with Gasteiger partial charge in [-0.25, -0.2) is 4.79 Å². The largest absolute Gasteiger partial charge is 0.497 e. The Kier molecular flexibility index (Phi) is 2.51. The van der Waals surface area contributed by atoms with E-state index >= 15 is 0 Å². The minimum absolute atomic E-state index is 0.412. The zero-order valence-electron chi connectivity index (χ0n) is 8.29. The molecular weight excluding hydrogens is 214 g/mol. The van der Waals surface area contributed by atoms with Gasteiger partial charge in [-0.15, -0.1) is 0 Å². The van der Waals surface area contributed by atoms with E-state index in [1.54, 1.807) is 19.3 Å². The number of benzene rings is 1. The molecule has 1 aliphatic carbocycles. The van der Waals surface area contributed by atoms with Crippen molar-refractivity contribution in [3.63, 3.8) is 0 Å². The fraction of sp³-hybridized carbons (Fsp3) is 0.364. The number of aliphatic imine (C=N–C) groups is 1. The van der Waals surface area contributed by atoms with Crippen LogP contribution >= 0.6 is 11.6 Å². The minimum atomic E-state index is -0.412. The highest BCUT2D eigenvalue weighted by molar-refractivity contribution is 6.31. The quantitative estimate of drug-likeness (QED) is 0.584. The summed E-state index contributed by atoms with van der Waals surface area (Å²) in [6, 6.07) is 5.41. The molecular formula is C11H10ClNO2. The molecule has 3 nitrogen and oxygen atoms in total. The predicted molar refractivity (Wildman–Crippen MR) is 57.0 cm³/mol. The molecule has 0 saturated heterocycles. The van der Waals surface area contributed by atoms with Gasteiger partial charge in [0.25, 0.3) is 0 Å². The molecule has 4 heteroatoms. The molecule has 0 bridgehead atoms. The van der Waals surface area contributed by atoms with Crippen molar-refractivity contribution < 1.29 is 9.53 Å². The number of carbonyl (C=O) groups excluding carboxylic acids is 1. The van der Waals surface area contributed by atoms with Gasteiger partial charge in [0.05, 0.1) is 12.6 Å². The second kappa shape index (κ2) is 3.69. The van der Waals surface area contributed by atoms with Crippen LogP contribution in [0.4, 0.5) is 0 Å². The molecule has 15 heavy (non-hydrogen) atoms. The minimum Gasteiger partial charge on any atom is -0.497 e. The van der Waals surface area contributed by atoms with Gasteiger partial charge in [0.1, 0.15) is 5.75 Å². The molecule has 0 heterocycles. The number of methoxy groups -OCH3 is 1. The van der Waals surface area contributed by atoms with E-state index in [-0.39, 0.29) is 0 Å². The van der Waals surface area contributed by atoms with Crippen LogP contribution in [0.25, 0.3) is 0 Å². The summed E-state index contributed by atoms with van der Waals surface area (Å²) >= 11 is 6.10. The van der Waals surface area contributed by atoms with E-state index in [9.17, 15) is 4.79 Å². The van der Waals surface area contributed by atoms with Crippen LogP contribution in [0, 0.1) is 0 Å². The smallest absolute Gasteiger partial charge is 0.235 e. The molecule has 1 aromatic carbocycles. The van der Waals surface area contributed by atoms with Gasteiger partial charge in [0.2, 0.25) is 6.08 Å². The fourth-order valence-electron chi connectivity index (χ4n) is 1.65. The topological polar surface area (TPSA) is 38.7 Å². The lowest BCUT2D eigenvalue weighted by Crippen LogP contribution is -2.03. The Labute approximate surface area is 92.7 Å². The number of ether oxygens (including phenoxy) is 1. The molecule has 0 unspecified atom stereocenters. The van der Waals surface area contributed by atoms with Crippen molar-refractivity contribution in [1.82, 2.24) is 0 Å². The number of hydrogen-bond acceptors (Lipinski definition) is 3. The lowest BCUT2D eigenvalue weighted by Gasteiger charge is -2.11. The molecule has 2 rings (SSSR count). The van der Waals surface area contributed by atoms with Crippen LogP contribution in [0.1, 0.15) is 18.4 Å². The Bertz CT molecular complexity index is 434. The predicted octanol–water partition coefficient (Wildman–Crippen LogP) is 2.67. The van der Waals surface area contributed by atoms with Crippen LogP contribution in [0.3, 0.4) is 0 Å². The summed E-state index contributed by atoms with van der Waals surface area (Å²) in [4.78, 5) is 14.1. The van der Waals surface area contributed by atoms with E-state index in [0.717, 1.165) is 18.4 Å². The van der Waals surface area contributed by atoms with E-state index in [1.807, 2.05) is 12.1 Å². The van der Waals surface area contributed by atoms with Gasteiger partial charge in [-0.2, -0.15) is 4.99 Å². The van der Waals surface area contributed by atoms with Gasteiger partial charge in [0.15, 0.2) is 0 Å². The number of rotatable bonds is 3. The highest BCUT2D eigenvalue weighted by atomic mass is 35.5. The summed E-state index contributed by atoms with van der Waals surface area (Å²) in [6.45, 7) is 0. The van der Waals surface area contributed by atoms with E-state index in [4.69, 9.17) is 16.3 Å². The standard InChI is InChI=1S/C11H10ClNO2/c1-15-8-2-3-9(10(12)6-8)11(4-5-11)13-7-14/h2-3,6H,4-5H2,1H3. The maximum Gasteiger partial charge on any atom is 0.235 e. The number of isocyanates is 1. The zero-order chi connectivity index (χ0) is 10.9. The highest BCUT2D eigenvalue weighted by Gasteiger charge is 2.46. The maximum absolute atomic E-state index is 10.3. The molecule has 1 aliphatic rings. The molecule has 1 saturated carbocycles. The van der Waals surface area contributed by atoms with Crippen molar-refractivity contribution in [1.29, 1.82) is 0 Å². The average Bonchev–Trinajstić information content (AvgIpc) is 2.99. The van der Waals surface area contributed by atoms with Gasteiger partial charge in [-0.3, -0.25) is 0 Å². The third-order valence-electron chi connectivity index (χ3n) is 2.66. The molecule has 78 valence electrons. The second-order valence-corrected chi connectivity index (χ2v) is 3.99. The Hall–Kier alpha value is -1.31. The molecule has 0 aromatic heterocycles. The van der Waals surface area contributed by atoms with Crippen LogP contribution in [0.15, 0.2) is 23.2 Å². The number of nitrogens with zero attached hydrogens (tertiary/aromatic N) is 1. The van der Waals surface area contributed by atoms with Crippen molar-refractivity contribution >= 4 is 17.7 Å². The third kappa shape index (κ3) is 1.76. The lowest BCUT2D eigenvalue weighted by molar-refractivity contribution is 0.414. The fourth-order valence-corrected chi connectivity index (χ4v) is 1.99. The summed E-state index contributed by atoms with van der Waals surface area (Å²) in [5.74, 6) is 0.703. The van der Waals surface area contributed by atoms with Crippen LogP contribution in [-0.2, 0) is 10.3 Å². The number of halogens is 1. The van der Waals surface area contributed by atoms with Crippen LogP contribution < -0.4 is 4.74 Å². The van der Waals surface area contributed by atoms with Gasteiger partial charge in [-0.1, -0.05) is 17.7 Å². The normalized spacial score (nSPS) is 16.7. The molecule has 0 spiro atoms. The van der Waals surface area contributed by atoms with Crippen LogP contribution in [0.5, 0.6) is 5.75 Å².